The molecule has 6 heteroatoms. The molecule has 2 aromatic rings. The third kappa shape index (κ3) is 5.45. The molecule has 1 saturated carbocycles. The molecule has 5 nitrogen and oxygen atoms in total. The summed E-state index contributed by atoms with van der Waals surface area (Å²) in [6, 6.07) is 16.1. The van der Waals surface area contributed by atoms with Crippen molar-refractivity contribution in [2.24, 2.45) is 10.7 Å². The highest BCUT2D eigenvalue weighted by Gasteiger charge is 2.19. The van der Waals surface area contributed by atoms with Gasteiger partial charge in [-0.05, 0) is 72.0 Å². The third-order valence-electron chi connectivity index (χ3n) is 5.37. The largest absolute Gasteiger partial charge is 0.490 e. The first kappa shape index (κ1) is 20.5. The standard InChI is InChI=1S/C24H26N2O3S/c25-24-26-23(27)22(30-24)16-17-5-4-8-21(15-17)29-14-13-28-20-11-9-19(10-12-20)18-6-2-1-3-7-18/h4-5,8-12,15-16,18H,1-3,6-7,13-14H2,(H2,25,26,27)/b22-16+. The predicted octanol–water partition coefficient (Wildman–Crippen LogP) is 5.12. The maximum atomic E-state index is 11.7. The Bertz CT molecular complexity index is 947. The summed E-state index contributed by atoms with van der Waals surface area (Å²) in [6.07, 6.45) is 8.44. The minimum absolute atomic E-state index is 0.280. The monoisotopic (exact) mass is 422 g/mol. The van der Waals surface area contributed by atoms with Crippen LogP contribution in [0.15, 0.2) is 58.4 Å². The second-order valence-corrected chi connectivity index (χ2v) is 8.60. The molecule has 30 heavy (non-hydrogen) atoms. The molecule has 0 unspecified atom stereocenters. The SMILES string of the molecule is NC1=NC(=O)/C(=C\c2cccc(OCCOc3ccc(C4CCCCC4)cc3)c2)S1. The number of carbonyl (C=O) groups excluding carboxylic acids is 1. The van der Waals surface area contributed by atoms with E-state index in [0.717, 1.165) is 17.1 Å². The minimum atomic E-state index is -0.299. The van der Waals surface area contributed by atoms with E-state index in [2.05, 4.69) is 29.3 Å². The molecular formula is C24H26N2O3S. The van der Waals surface area contributed by atoms with Crippen LogP contribution in [-0.2, 0) is 4.79 Å². The van der Waals surface area contributed by atoms with Crippen LogP contribution in [0.3, 0.4) is 0 Å². The number of rotatable bonds is 7. The maximum Gasteiger partial charge on any atom is 0.286 e. The maximum absolute atomic E-state index is 11.7. The van der Waals surface area contributed by atoms with Crippen LogP contribution in [0.4, 0.5) is 0 Å². The summed E-state index contributed by atoms with van der Waals surface area (Å²) in [5.74, 6) is 2.00. The average Bonchev–Trinajstić information content (AvgIpc) is 3.09. The van der Waals surface area contributed by atoms with Gasteiger partial charge in [0, 0.05) is 0 Å². The zero-order valence-corrected chi connectivity index (χ0v) is 17.7. The first-order valence-corrected chi connectivity index (χ1v) is 11.2. The fourth-order valence-electron chi connectivity index (χ4n) is 3.86. The summed E-state index contributed by atoms with van der Waals surface area (Å²) >= 11 is 1.18. The van der Waals surface area contributed by atoms with Crippen molar-refractivity contribution in [1.29, 1.82) is 0 Å². The smallest absolute Gasteiger partial charge is 0.286 e. The number of benzene rings is 2. The molecule has 2 aromatic carbocycles. The van der Waals surface area contributed by atoms with Gasteiger partial charge in [-0.2, -0.15) is 4.99 Å². The highest BCUT2D eigenvalue weighted by atomic mass is 32.2. The van der Waals surface area contributed by atoms with Crippen LogP contribution in [-0.4, -0.2) is 24.3 Å². The Morgan fingerprint density at radius 2 is 1.73 bits per heavy atom. The van der Waals surface area contributed by atoms with Crippen LogP contribution >= 0.6 is 11.8 Å². The molecule has 0 radical (unpaired) electrons. The second kappa shape index (κ2) is 9.85. The van der Waals surface area contributed by atoms with E-state index in [-0.39, 0.29) is 11.1 Å². The van der Waals surface area contributed by atoms with Crippen molar-refractivity contribution in [3.63, 3.8) is 0 Å². The molecule has 1 heterocycles. The molecule has 0 aromatic heterocycles. The zero-order chi connectivity index (χ0) is 20.8. The molecule has 0 atom stereocenters. The number of amides is 1. The van der Waals surface area contributed by atoms with E-state index >= 15 is 0 Å². The molecule has 0 spiro atoms. The van der Waals surface area contributed by atoms with Gasteiger partial charge in [-0.15, -0.1) is 0 Å². The summed E-state index contributed by atoms with van der Waals surface area (Å²) in [7, 11) is 0. The Morgan fingerprint density at radius 1 is 1.00 bits per heavy atom. The van der Waals surface area contributed by atoms with Crippen LogP contribution in [0.2, 0.25) is 0 Å². The lowest BCUT2D eigenvalue weighted by molar-refractivity contribution is -0.113. The topological polar surface area (TPSA) is 73.9 Å². The Morgan fingerprint density at radius 3 is 2.43 bits per heavy atom. The number of nitrogens with two attached hydrogens (primary N) is 1. The molecule has 2 aliphatic rings. The number of amidine groups is 1. The van der Waals surface area contributed by atoms with E-state index in [1.807, 2.05) is 24.3 Å². The number of carbonyl (C=O) groups is 1. The van der Waals surface area contributed by atoms with E-state index in [1.54, 1.807) is 6.08 Å². The van der Waals surface area contributed by atoms with Gasteiger partial charge in [0.15, 0.2) is 5.17 Å². The molecule has 1 fully saturated rings. The van der Waals surface area contributed by atoms with Crippen molar-refractivity contribution >= 4 is 28.9 Å². The first-order chi connectivity index (χ1) is 14.7. The van der Waals surface area contributed by atoms with Gasteiger partial charge in [0.1, 0.15) is 24.7 Å². The lowest BCUT2D eigenvalue weighted by atomic mass is 9.84. The van der Waals surface area contributed by atoms with Crippen molar-refractivity contribution < 1.29 is 14.3 Å². The van der Waals surface area contributed by atoms with Gasteiger partial charge < -0.3 is 15.2 Å². The van der Waals surface area contributed by atoms with Crippen LogP contribution < -0.4 is 15.2 Å². The van der Waals surface area contributed by atoms with E-state index < -0.39 is 0 Å². The number of nitrogens with zero attached hydrogens (tertiary/aromatic N) is 1. The third-order valence-corrected chi connectivity index (χ3v) is 6.18. The van der Waals surface area contributed by atoms with Gasteiger partial charge in [0.2, 0.25) is 0 Å². The van der Waals surface area contributed by atoms with E-state index in [9.17, 15) is 4.79 Å². The first-order valence-electron chi connectivity index (χ1n) is 10.4. The van der Waals surface area contributed by atoms with Crippen molar-refractivity contribution in [1.82, 2.24) is 0 Å². The Hall–Kier alpha value is -2.73. The van der Waals surface area contributed by atoms with E-state index in [1.165, 1.54) is 49.4 Å². The van der Waals surface area contributed by atoms with E-state index in [0.29, 0.717) is 24.0 Å². The molecule has 4 rings (SSSR count). The van der Waals surface area contributed by atoms with E-state index in [4.69, 9.17) is 15.2 Å². The lowest BCUT2D eigenvalue weighted by Crippen LogP contribution is -2.09. The highest BCUT2D eigenvalue weighted by Crippen LogP contribution is 2.33. The van der Waals surface area contributed by atoms with Gasteiger partial charge >= 0.3 is 0 Å². The Balaban J connectivity index is 1.25. The van der Waals surface area contributed by atoms with Crippen LogP contribution in [0.1, 0.15) is 49.1 Å². The Labute approximate surface area is 181 Å². The van der Waals surface area contributed by atoms with Gasteiger partial charge in [-0.1, -0.05) is 43.5 Å². The van der Waals surface area contributed by atoms with Gasteiger partial charge in [-0.3, -0.25) is 4.79 Å². The molecule has 1 aliphatic carbocycles. The fourth-order valence-corrected chi connectivity index (χ4v) is 4.54. The number of hydrogen-bond acceptors (Lipinski definition) is 5. The number of hydrogen-bond donors (Lipinski definition) is 1. The van der Waals surface area contributed by atoms with Crippen molar-refractivity contribution in [2.75, 3.05) is 13.2 Å². The minimum Gasteiger partial charge on any atom is -0.490 e. The van der Waals surface area contributed by atoms with Gasteiger partial charge in [-0.25, -0.2) is 0 Å². The van der Waals surface area contributed by atoms with Crippen LogP contribution in [0, 0.1) is 0 Å². The highest BCUT2D eigenvalue weighted by molar-refractivity contribution is 8.18. The van der Waals surface area contributed by atoms with Crippen molar-refractivity contribution in [2.45, 2.75) is 38.0 Å². The molecule has 1 aliphatic heterocycles. The fraction of sp³-hybridized carbons (Fsp3) is 0.333. The Kier molecular flexibility index (Phi) is 6.74. The lowest BCUT2D eigenvalue weighted by Gasteiger charge is -2.22. The summed E-state index contributed by atoms with van der Waals surface area (Å²) < 4.78 is 11.6. The summed E-state index contributed by atoms with van der Waals surface area (Å²) in [5, 5.41) is 0.280. The van der Waals surface area contributed by atoms with Gasteiger partial charge in [0.25, 0.3) is 5.91 Å². The van der Waals surface area contributed by atoms with Crippen molar-refractivity contribution in [3.05, 3.63) is 64.6 Å². The molecule has 1 amide bonds. The summed E-state index contributed by atoms with van der Waals surface area (Å²) in [4.78, 5) is 16.0. The summed E-state index contributed by atoms with van der Waals surface area (Å²) in [6.45, 7) is 0.904. The average molecular weight is 423 g/mol. The molecule has 0 saturated heterocycles. The van der Waals surface area contributed by atoms with Gasteiger partial charge in [0.05, 0.1) is 4.91 Å². The van der Waals surface area contributed by atoms with Crippen LogP contribution in [0.25, 0.3) is 6.08 Å². The quantitative estimate of drug-likeness (QED) is 0.495. The molecule has 0 bridgehead atoms. The number of ether oxygens (including phenoxy) is 2. The second-order valence-electron chi connectivity index (χ2n) is 7.54. The van der Waals surface area contributed by atoms with Crippen molar-refractivity contribution in [3.8, 4) is 11.5 Å². The summed E-state index contributed by atoms with van der Waals surface area (Å²) in [5.41, 5.74) is 7.88. The molecular weight excluding hydrogens is 396 g/mol. The normalized spacial score (nSPS) is 18.5. The van der Waals surface area contributed by atoms with Crippen LogP contribution in [0.5, 0.6) is 11.5 Å². The zero-order valence-electron chi connectivity index (χ0n) is 16.9. The molecule has 156 valence electrons. The predicted molar refractivity (Wildman–Crippen MR) is 122 cm³/mol. The number of thioether (sulfide) groups is 1. The molecule has 2 N–H and O–H groups in total. The number of aliphatic imine (C=N–C) groups is 1.